The molecular formula is C16H22FN3O4. The molecular weight excluding hydrogens is 317 g/mol. The Kier molecular flexibility index (Phi) is 6.22. The van der Waals surface area contributed by atoms with E-state index in [2.05, 4.69) is 5.32 Å². The molecule has 0 radical (unpaired) electrons. The highest BCUT2D eigenvalue weighted by Crippen LogP contribution is 2.21. The number of ether oxygens (including phenoxy) is 1. The lowest BCUT2D eigenvalue weighted by atomic mass is 10.0. The zero-order valence-corrected chi connectivity index (χ0v) is 13.8. The molecule has 0 unspecified atom stereocenters. The fourth-order valence-corrected chi connectivity index (χ4v) is 2.69. The van der Waals surface area contributed by atoms with Crippen LogP contribution in [0.5, 0.6) is 0 Å². The van der Waals surface area contributed by atoms with Gasteiger partial charge in [-0.05, 0) is 12.0 Å². The monoisotopic (exact) mass is 339 g/mol. The highest BCUT2D eigenvalue weighted by molar-refractivity contribution is 5.82. The summed E-state index contributed by atoms with van der Waals surface area (Å²) in [6.45, 7) is 5.71. The van der Waals surface area contributed by atoms with E-state index in [0.29, 0.717) is 26.3 Å². The highest BCUT2D eigenvalue weighted by atomic mass is 19.1. The molecule has 1 heterocycles. The molecule has 7 nitrogen and oxygen atoms in total. The molecule has 24 heavy (non-hydrogen) atoms. The number of carbonyl (C=O) groups is 1. The first kappa shape index (κ1) is 18.3. The summed E-state index contributed by atoms with van der Waals surface area (Å²) < 4.78 is 19.2. The lowest BCUT2D eigenvalue weighted by Gasteiger charge is -2.32. The number of amides is 1. The van der Waals surface area contributed by atoms with Crippen molar-refractivity contribution < 1.29 is 18.8 Å². The molecule has 0 bridgehead atoms. The molecule has 1 aromatic rings. The lowest BCUT2D eigenvalue weighted by molar-refractivity contribution is -0.385. The summed E-state index contributed by atoms with van der Waals surface area (Å²) >= 11 is 0. The van der Waals surface area contributed by atoms with Crippen molar-refractivity contribution in [2.75, 3.05) is 26.3 Å². The summed E-state index contributed by atoms with van der Waals surface area (Å²) in [5, 5.41) is 14.0. The smallest absolute Gasteiger partial charge is 0.276 e. The lowest BCUT2D eigenvalue weighted by Crippen LogP contribution is -2.52. The minimum absolute atomic E-state index is 0.0359. The fraction of sp³-hybridized carbons (Fsp3) is 0.562. The number of halogens is 1. The number of carbonyl (C=O) groups excluding carboxylic acids is 1. The van der Waals surface area contributed by atoms with Crippen LogP contribution in [0, 0.1) is 21.8 Å². The van der Waals surface area contributed by atoms with Gasteiger partial charge in [-0.15, -0.1) is 0 Å². The fourth-order valence-electron chi connectivity index (χ4n) is 2.69. The van der Waals surface area contributed by atoms with E-state index in [9.17, 15) is 19.3 Å². The van der Waals surface area contributed by atoms with Gasteiger partial charge in [0, 0.05) is 25.7 Å². The van der Waals surface area contributed by atoms with E-state index >= 15 is 0 Å². The van der Waals surface area contributed by atoms with Crippen LogP contribution < -0.4 is 5.32 Å². The van der Waals surface area contributed by atoms with Crippen LogP contribution in [0.2, 0.25) is 0 Å². The number of benzene rings is 1. The molecule has 1 saturated heterocycles. The summed E-state index contributed by atoms with van der Waals surface area (Å²) in [6.07, 6.45) is 0. The van der Waals surface area contributed by atoms with Gasteiger partial charge in [0.2, 0.25) is 5.91 Å². The van der Waals surface area contributed by atoms with Crippen LogP contribution in [-0.2, 0) is 16.1 Å². The molecule has 8 heteroatoms. The molecule has 1 N–H and O–H groups in total. The van der Waals surface area contributed by atoms with Gasteiger partial charge in [-0.2, -0.15) is 0 Å². The molecule has 0 aliphatic carbocycles. The quantitative estimate of drug-likeness (QED) is 0.630. The maximum Gasteiger partial charge on any atom is 0.276 e. The Morgan fingerprint density at radius 2 is 2.08 bits per heavy atom. The third-order valence-electron chi connectivity index (χ3n) is 4.05. The Bertz CT molecular complexity index is 603. The van der Waals surface area contributed by atoms with Gasteiger partial charge in [0.25, 0.3) is 5.69 Å². The zero-order valence-electron chi connectivity index (χ0n) is 13.8. The molecule has 2 rings (SSSR count). The van der Waals surface area contributed by atoms with Crippen LogP contribution in [0.3, 0.4) is 0 Å². The predicted molar refractivity (Wildman–Crippen MR) is 85.9 cm³/mol. The van der Waals surface area contributed by atoms with E-state index in [4.69, 9.17) is 4.74 Å². The Hall–Kier alpha value is -2.06. The second-order valence-electron chi connectivity index (χ2n) is 6.03. The minimum atomic E-state index is -0.655. The average Bonchev–Trinajstić information content (AvgIpc) is 2.56. The van der Waals surface area contributed by atoms with Gasteiger partial charge in [0.1, 0.15) is 5.82 Å². The molecule has 1 aliphatic heterocycles. The first-order valence-electron chi connectivity index (χ1n) is 7.93. The van der Waals surface area contributed by atoms with E-state index in [1.54, 1.807) is 4.90 Å². The van der Waals surface area contributed by atoms with Crippen molar-refractivity contribution in [1.29, 1.82) is 0 Å². The van der Waals surface area contributed by atoms with Crippen molar-refractivity contribution in [3.8, 4) is 0 Å². The Balaban J connectivity index is 2.12. The van der Waals surface area contributed by atoms with Gasteiger partial charge < -0.3 is 15.0 Å². The second kappa shape index (κ2) is 8.16. The average molecular weight is 339 g/mol. The maximum absolute atomic E-state index is 14.0. The van der Waals surface area contributed by atoms with E-state index in [1.165, 1.54) is 18.2 Å². The van der Waals surface area contributed by atoms with Gasteiger partial charge >= 0.3 is 0 Å². The summed E-state index contributed by atoms with van der Waals surface area (Å²) in [6, 6.07) is 3.20. The van der Waals surface area contributed by atoms with Crippen molar-refractivity contribution in [2.45, 2.75) is 26.4 Å². The van der Waals surface area contributed by atoms with Gasteiger partial charge in [-0.1, -0.05) is 19.9 Å². The zero-order chi connectivity index (χ0) is 17.7. The van der Waals surface area contributed by atoms with Gasteiger partial charge in [-0.25, -0.2) is 4.39 Å². The standard InChI is InChI=1S/C16H22FN3O4/c1-11(2)15(16(21)19-6-8-24-9-7-19)18-10-12-13(17)4-3-5-14(12)20(22)23/h3-5,11,15,18H,6-10H2,1-2H3/t15-/m1/s1. The van der Waals surface area contributed by atoms with Crippen molar-refractivity contribution in [2.24, 2.45) is 5.92 Å². The van der Waals surface area contributed by atoms with Crippen molar-refractivity contribution >= 4 is 11.6 Å². The number of nitro benzene ring substituents is 1. The summed E-state index contributed by atoms with van der Waals surface area (Å²) in [7, 11) is 0. The number of nitro groups is 1. The first-order valence-corrected chi connectivity index (χ1v) is 7.93. The number of nitrogens with zero attached hydrogens (tertiary/aromatic N) is 2. The molecule has 1 fully saturated rings. The summed E-state index contributed by atoms with van der Waals surface area (Å²) in [5.41, 5.74) is -0.327. The van der Waals surface area contributed by atoms with Crippen LogP contribution in [0.1, 0.15) is 19.4 Å². The number of morpholine rings is 1. The van der Waals surface area contributed by atoms with Crippen LogP contribution >= 0.6 is 0 Å². The van der Waals surface area contributed by atoms with E-state index in [-0.39, 0.29) is 29.6 Å². The normalized spacial score (nSPS) is 16.2. The third kappa shape index (κ3) is 4.27. The molecule has 0 saturated carbocycles. The first-order chi connectivity index (χ1) is 11.4. The predicted octanol–water partition coefficient (Wildman–Crippen LogP) is 1.71. The van der Waals surface area contributed by atoms with Gasteiger partial charge in [0.15, 0.2) is 0 Å². The number of hydrogen-bond acceptors (Lipinski definition) is 5. The van der Waals surface area contributed by atoms with Crippen LogP contribution in [-0.4, -0.2) is 48.1 Å². The molecule has 1 amide bonds. The maximum atomic E-state index is 14.0. The largest absolute Gasteiger partial charge is 0.378 e. The van der Waals surface area contributed by atoms with Crippen molar-refractivity contribution in [3.63, 3.8) is 0 Å². The summed E-state index contributed by atoms with van der Waals surface area (Å²) in [5.74, 6) is -0.781. The Labute approximate surface area is 139 Å². The van der Waals surface area contributed by atoms with Crippen molar-refractivity contribution in [1.82, 2.24) is 10.2 Å². The number of nitrogens with one attached hydrogen (secondary N) is 1. The SMILES string of the molecule is CC(C)[C@@H](NCc1c(F)cccc1[N+](=O)[O-])C(=O)N1CCOCC1. The second-order valence-corrected chi connectivity index (χ2v) is 6.03. The number of hydrogen-bond donors (Lipinski definition) is 1. The van der Waals surface area contributed by atoms with Gasteiger partial charge in [0.05, 0.1) is 29.7 Å². The van der Waals surface area contributed by atoms with E-state index < -0.39 is 16.8 Å². The molecule has 0 aromatic heterocycles. The Morgan fingerprint density at radius 1 is 1.42 bits per heavy atom. The molecule has 0 spiro atoms. The molecule has 132 valence electrons. The molecule has 1 aromatic carbocycles. The Morgan fingerprint density at radius 3 is 2.67 bits per heavy atom. The number of rotatable bonds is 6. The minimum Gasteiger partial charge on any atom is -0.378 e. The van der Waals surface area contributed by atoms with Crippen molar-refractivity contribution in [3.05, 3.63) is 39.7 Å². The van der Waals surface area contributed by atoms with Crippen LogP contribution in [0.4, 0.5) is 10.1 Å². The molecule has 1 aliphatic rings. The van der Waals surface area contributed by atoms with E-state index in [0.717, 1.165) is 0 Å². The highest BCUT2D eigenvalue weighted by Gasteiger charge is 2.29. The third-order valence-corrected chi connectivity index (χ3v) is 4.05. The summed E-state index contributed by atoms with van der Waals surface area (Å²) in [4.78, 5) is 24.8. The van der Waals surface area contributed by atoms with Crippen LogP contribution in [0.25, 0.3) is 0 Å². The molecule has 1 atom stereocenters. The van der Waals surface area contributed by atoms with Gasteiger partial charge in [-0.3, -0.25) is 14.9 Å². The topological polar surface area (TPSA) is 84.7 Å². The van der Waals surface area contributed by atoms with E-state index in [1.807, 2.05) is 13.8 Å². The van der Waals surface area contributed by atoms with Crippen LogP contribution in [0.15, 0.2) is 18.2 Å².